The number of Topliss-reactive ketones (excluding diaryl/α,β-unsaturated/α-hetero) is 1. The summed E-state index contributed by atoms with van der Waals surface area (Å²) in [5.74, 6) is 0.321. The van der Waals surface area contributed by atoms with E-state index in [-0.39, 0.29) is 17.1 Å². The van der Waals surface area contributed by atoms with Gasteiger partial charge < -0.3 is 0 Å². The number of hydrogen-bond acceptors (Lipinski definition) is 5. The van der Waals surface area contributed by atoms with E-state index in [0.717, 1.165) is 42.3 Å². The van der Waals surface area contributed by atoms with Gasteiger partial charge in [0.15, 0.2) is 10.9 Å². The maximum absolute atomic E-state index is 13.7. The number of aryl methyl sites for hydroxylation is 4. The third-order valence-corrected chi connectivity index (χ3v) is 8.69. The van der Waals surface area contributed by atoms with Crippen LogP contribution in [0.4, 0.5) is 0 Å². The number of fused-ring (bicyclic) bond motifs is 3. The number of rotatable bonds is 8. The molecule has 174 valence electrons. The van der Waals surface area contributed by atoms with Gasteiger partial charge in [0.25, 0.3) is 5.56 Å². The zero-order valence-electron chi connectivity index (χ0n) is 19.4. The molecule has 2 heterocycles. The Hall–Kier alpha value is -2.70. The van der Waals surface area contributed by atoms with Gasteiger partial charge in [0, 0.05) is 17.0 Å². The minimum Gasteiger partial charge on any atom is -0.293 e. The molecule has 0 atom stereocenters. The molecule has 2 aromatic heterocycles. The number of carbonyl (C=O) groups is 1. The van der Waals surface area contributed by atoms with Crippen LogP contribution in [-0.4, -0.2) is 21.1 Å². The number of nitrogens with zero attached hydrogens (tertiary/aromatic N) is 2. The van der Waals surface area contributed by atoms with E-state index in [4.69, 9.17) is 4.98 Å². The van der Waals surface area contributed by atoms with E-state index >= 15 is 0 Å². The van der Waals surface area contributed by atoms with Gasteiger partial charge in [-0.3, -0.25) is 14.2 Å². The van der Waals surface area contributed by atoms with E-state index in [2.05, 4.69) is 19.1 Å². The topological polar surface area (TPSA) is 52.0 Å². The van der Waals surface area contributed by atoms with Gasteiger partial charge in [-0.1, -0.05) is 73.3 Å². The summed E-state index contributed by atoms with van der Waals surface area (Å²) in [5, 5.41) is 1.45. The van der Waals surface area contributed by atoms with Crippen LogP contribution in [0.3, 0.4) is 0 Å². The molecule has 0 fully saturated rings. The monoisotopic (exact) mass is 488 g/mol. The average molecular weight is 489 g/mol. The molecule has 6 heteroatoms. The molecule has 0 saturated carbocycles. The van der Waals surface area contributed by atoms with Crippen molar-refractivity contribution in [1.82, 2.24) is 9.55 Å². The van der Waals surface area contributed by atoms with Crippen LogP contribution >= 0.6 is 23.1 Å². The number of carbonyl (C=O) groups excluding carboxylic acids is 1. The minimum atomic E-state index is 0.0441. The molecule has 1 aliphatic carbocycles. The number of hydrogen-bond donors (Lipinski definition) is 0. The van der Waals surface area contributed by atoms with E-state index < -0.39 is 0 Å². The molecule has 1 aliphatic rings. The molecule has 5 rings (SSSR count). The molecular weight excluding hydrogens is 460 g/mol. The van der Waals surface area contributed by atoms with Gasteiger partial charge in [0.2, 0.25) is 0 Å². The fraction of sp³-hybridized carbons (Fsp3) is 0.321. The predicted molar refractivity (Wildman–Crippen MR) is 142 cm³/mol. The lowest BCUT2D eigenvalue weighted by Gasteiger charge is -2.13. The van der Waals surface area contributed by atoms with Crippen molar-refractivity contribution in [2.24, 2.45) is 0 Å². The Kier molecular flexibility index (Phi) is 6.97. The predicted octanol–water partition coefficient (Wildman–Crippen LogP) is 6.12. The first-order valence-corrected chi connectivity index (χ1v) is 13.8. The van der Waals surface area contributed by atoms with Crippen LogP contribution in [0.5, 0.6) is 0 Å². The molecule has 0 bridgehead atoms. The normalized spacial score (nSPS) is 13.2. The van der Waals surface area contributed by atoms with E-state index in [0.29, 0.717) is 17.3 Å². The Balaban J connectivity index is 1.46. The van der Waals surface area contributed by atoms with Crippen molar-refractivity contribution in [2.75, 3.05) is 5.75 Å². The molecule has 0 amide bonds. The molecule has 0 radical (unpaired) electrons. The lowest BCUT2D eigenvalue weighted by atomic mass is 9.97. The van der Waals surface area contributed by atoms with Crippen molar-refractivity contribution in [3.8, 4) is 0 Å². The highest BCUT2D eigenvalue weighted by Crippen LogP contribution is 2.34. The lowest BCUT2D eigenvalue weighted by Crippen LogP contribution is -2.25. The second-order valence-electron chi connectivity index (χ2n) is 8.74. The van der Waals surface area contributed by atoms with Crippen molar-refractivity contribution in [3.63, 3.8) is 0 Å². The highest BCUT2D eigenvalue weighted by Gasteiger charge is 2.22. The third kappa shape index (κ3) is 4.75. The van der Waals surface area contributed by atoms with Crippen molar-refractivity contribution in [1.29, 1.82) is 0 Å². The third-order valence-electron chi connectivity index (χ3n) is 6.52. The van der Waals surface area contributed by atoms with Crippen molar-refractivity contribution >= 4 is 39.1 Å². The minimum absolute atomic E-state index is 0.0441. The Morgan fingerprint density at radius 3 is 2.56 bits per heavy atom. The van der Waals surface area contributed by atoms with Crippen LogP contribution in [0, 0.1) is 0 Å². The number of ketones is 1. The Bertz CT molecular complexity index is 1370. The van der Waals surface area contributed by atoms with Gasteiger partial charge in [0.1, 0.15) is 4.83 Å². The summed E-state index contributed by atoms with van der Waals surface area (Å²) >= 11 is 3.04. The zero-order chi connectivity index (χ0) is 23.5. The van der Waals surface area contributed by atoms with Gasteiger partial charge in [-0.25, -0.2) is 4.98 Å². The first kappa shape index (κ1) is 23.1. The maximum Gasteiger partial charge on any atom is 0.263 e. The summed E-state index contributed by atoms with van der Waals surface area (Å²) in [6.07, 6.45) is 6.00. The van der Waals surface area contributed by atoms with E-state index in [1.54, 1.807) is 15.9 Å². The van der Waals surface area contributed by atoms with E-state index in [1.807, 2.05) is 42.5 Å². The highest BCUT2D eigenvalue weighted by atomic mass is 32.2. The summed E-state index contributed by atoms with van der Waals surface area (Å²) in [6, 6.07) is 18.0. The molecular formula is C28H28N2O2S2. The van der Waals surface area contributed by atoms with Gasteiger partial charge in [0.05, 0.1) is 11.1 Å². The number of thioether (sulfide) groups is 1. The SMILES string of the molecule is CCc1ccc(C(=O)CSc2nc3sc4c(c3c(=O)n2CCc2ccccc2)CCCC4)cc1. The first-order valence-electron chi connectivity index (χ1n) is 12.0. The number of benzene rings is 2. The van der Waals surface area contributed by atoms with Gasteiger partial charge in [-0.15, -0.1) is 11.3 Å². The summed E-state index contributed by atoms with van der Waals surface area (Å²) in [6.45, 7) is 2.66. The van der Waals surface area contributed by atoms with Crippen LogP contribution in [-0.2, 0) is 32.2 Å². The molecule has 34 heavy (non-hydrogen) atoms. The fourth-order valence-electron chi connectivity index (χ4n) is 4.55. The van der Waals surface area contributed by atoms with Gasteiger partial charge in [-0.05, 0) is 55.2 Å². The average Bonchev–Trinajstić information content (AvgIpc) is 3.26. The summed E-state index contributed by atoms with van der Waals surface area (Å²) in [7, 11) is 0. The van der Waals surface area contributed by atoms with Gasteiger partial charge in [-0.2, -0.15) is 0 Å². The molecule has 0 unspecified atom stereocenters. The molecule has 4 aromatic rings. The molecule has 0 aliphatic heterocycles. The van der Waals surface area contributed by atoms with Crippen LogP contribution in [0.15, 0.2) is 64.5 Å². The van der Waals surface area contributed by atoms with E-state index in [1.165, 1.54) is 39.8 Å². The molecule has 0 saturated heterocycles. The lowest BCUT2D eigenvalue weighted by molar-refractivity contribution is 0.102. The standard InChI is InChI=1S/C28H28N2O2S2/c1-2-19-12-14-21(15-13-19)23(31)18-33-28-29-26-25(22-10-6-7-11-24(22)34-26)27(32)30(28)17-16-20-8-4-3-5-9-20/h3-5,8-9,12-15H,2,6-7,10-11,16-18H2,1H3. The number of thiophene rings is 1. The first-order chi connectivity index (χ1) is 16.6. The van der Waals surface area contributed by atoms with Crippen molar-refractivity contribution in [2.45, 2.75) is 57.1 Å². The van der Waals surface area contributed by atoms with Crippen LogP contribution in [0.2, 0.25) is 0 Å². The zero-order valence-corrected chi connectivity index (χ0v) is 21.0. The van der Waals surface area contributed by atoms with Crippen LogP contribution in [0.1, 0.15) is 51.7 Å². The van der Waals surface area contributed by atoms with Crippen LogP contribution < -0.4 is 5.56 Å². The molecule has 0 N–H and O–H groups in total. The smallest absolute Gasteiger partial charge is 0.263 e. The molecule has 0 spiro atoms. The Labute approximate surface area is 208 Å². The fourth-order valence-corrected chi connectivity index (χ4v) is 6.77. The Morgan fingerprint density at radius 1 is 1.03 bits per heavy atom. The second kappa shape index (κ2) is 10.3. The molecule has 4 nitrogen and oxygen atoms in total. The second-order valence-corrected chi connectivity index (χ2v) is 10.8. The van der Waals surface area contributed by atoms with Crippen molar-refractivity contribution < 1.29 is 4.79 Å². The number of aromatic nitrogens is 2. The van der Waals surface area contributed by atoms with Crippen LogP contribution in [0.25, 0.3) is 10.2 Å². The summed E-state index contributed by atoms with van der Waals surface area (Å²) in [4.78, 5) is 33.7. The quantitative estimate of drug-likeness (QED) is 0.170. The van der Waals surface area contributed by atoms with Gasteiger partial charge >= 0.3 is 0 Å². The van der Waals surface area contributed by atoms with Crippen molar-refractivity contribution in [3.05, 3.63) is 92.1 Å². The maximum atomic E-state index is 13.7. The largest absolute Gasteiger partial charge is 0.293 e. The van der Waals surface area contributed by atoms with E-state index in [9.17, 15) is 9.59 Å². The Morgan fingerprint density at radius 2 is 1.79 bits per heavy atom. The summed E-state index contributed by atoms with van der Waals surface area (Å²) in [5.41, 5.74) is 4.36. The highest BCUT2D eigenvalue weighted by molar-refractivity contribution is 7.99. The molecule has 2 aromatic carbocycles. The summed E-state index contributed by atoms with van der Waals surface area (Å²) < 4.78 is 1.80.